The molecule has 0 saturated carbocycles. The second-order valence-electron chi connectivity index (χ2n) is 5.43. The fourth-order valence-corrected chi connectivity index (χ4v) is 2.88. The number of fused-ring (bicyclic) bond motifs is 1. The molecule has 1 aromatic rings. The molecule has 0 heterocycles. The summed E-state index contributed by atoms with van der Waals surface area (Å²) in [7, 11) is -4.39. The molecule has 2 N–H and O–H groups in total. The maximum Gasteiger partial charge on any atom is 3.00 e. The first-order valence-electron chi connectivity index (χ1n) is 7.30. The fourth-order valence-electron chi connectivity index (χ4n) is 2.36. The zero-order valence-corrected chi connectivity index (χ0v) is 15.9. The number of benzene rings is 1. The first kappa shape index (κ1) is 21.4. The molecule has 1 radical (unpaired) electrons. The topological polar surface area (TPSA) is 175 Å². The Kier molecular flexibility index (Phi) is 6.13. The molecule has 0 spiro atoms. The van der Waals surface area contributed by atoms with Crippen LogP contribution in [0, 0.1) is 15.5 Å². The standard InChI is InChI=1S/C16H12N4O6S.Cr/c17-13-5-1-9-7-11(27(24,25)26)3-4-12(9)16(13)19-18-14-6-2-10(20(22)23)8-15(14)21;/h1-8,17,21H,(H2,24,25,26);/q;+3/p-2. The Morgan fingerprint density at radius 1 is 1.14 bits per heavy atom. The molecule has 1 unspecified atom stereocenters. The zero-order chi connectivity index (χ0) is 19.8. The molecule has 141 valence electrons. The van der Waals surface area contributed by atoms with Gasteiger partial charge in [0.05, 0.1) is 16.3 Å². The third-order valence-corrected chi connectivity index (χ3v) is 4.52. The molecule has 2 aliphatic rings. The molecule has 2 aliphatic carbocycles. The van der Waals surface area contributed by atoms with Crippen LogP contribution in [0.4, 0.5) is 11.4 Å². The summed E-state index contributed by atoms with van der Waals surface area (Å²) >= 11 is 0. The van der Waals surface area contributed by atoms with E-state index in [1.807, 2.05) is 0 Å². The van der Waals surface area contributed by atoms with Crippen LogP contribution in [-0.2, 0) is 27.4 Å². The van der Waals surface area contributed by atoms with E-state index in [1.165, 1.54) is 24.3 Å². The molecular formula is C16H10CrN4O6S+. The third-order valence-electron chi connectivity index (χ3n) is 3.67. The molecule has 12 heteroatoms. The largest absolute Gasteiger partial charge is 3.00 e. The van der Waals surface area contributed by atoms with Gasteiger partial charge in [0.15, 0.2) is 0 Å². The summed E-state index contributed by atoms with van der Waals surface area (Å²) in [5.41, 5.74) is 0.302. The summed E-state index contributed by atoms with van der Waals surface area (Å²) in [5.74, 6) is -0.701. The number of nitrogens with one attached hydrogen (secondary N) is 1. The number of nitro benzene ring substituents is 1. The van der Waals surface area contributed by atoms with E-state index in [0.29, 0.717) is 11.1 Å². The van der Waals surface area contributed by atoms with Gasteiger partial charge < -0.3 is 14.2 Å². The van der Waals surface area contributed by atoms with Crippen LogP contribution in [0.2, 0.25) is 0 Å². The Hall–Kier alpha value is -2.88. The molecule has 0 fully saturated rings. The van der Waals surface area contributed by atoms with E-state index < -0.39 is 20.8 Å². The normalized spacial score (nSPS) is 17.9. The van der Waals surface area contributed by atoms with Gasteiger partial charge in [0, 0.05) is 32.7 Å². The number of nitro groups is 1. The predicted octanol–water partition coefficient (Wildman–Crippen LogP) is 2.15. The smallest absolute Gasteiger partial charge is 0.871 e. The number of allylic oxidation sites excluding steroid dienone is 7. The van der Waals surface area contributed by atoms with Gasteiger partial charge in [0.1, 0.15) is 5.70 Å². The summed E-state index contributed by atoms with van der Waals surface area (Å²) in [6.07, 6.45) is 6.57. The molecule has 10 nitrogen and oxygen atoms in total. The molecule has 28 heavy (non-hydrogen) atoms. The van der Waals surface area contributed by atoms with Crippen LogP contribution in [0.5, 0.6) is 5.75 Å². The number of hydrogen-bond acceptors (Lipinski definition) is 8. The summed E-state index contributed by atoms with van der Waals surface area (Å²) in [6, 6.07) is 3.07. The van der Waals surface area contributed by atoms with E-state index in [-0.39, 0.29) is 45.0 Å². The zero-order valence-electron chi connectivity index (χ0n) is 13.8. The van der Waals surface area contributed by atoms with Crippen LogP contribution in [0.25, 0.3) is 0 Å². The van der Waals surface area contributed by atoms with E-state index >= 15 is 0 Å². The minimum absolute atomic E-state index is 0. The monoisotopic (exact) mass is 438 g/mol. The number of hydrogen-bond donors (Lipinski definition) is 2. The summed E-state index contributed by atoms with van der Waals surface area (Å²) in [5, 5.41) is 38.1. The van der Waals surface area contributed by atoms with Crippen molar-refractivity contribution in [3.8, 4) is 5.75 Å². The molecule has 0 amide bonds. The van der Waals surface area contributed by atoms with Crippen molar-refractivity contribution in [3.63, 3.8) is 0 Å². The minimum atomic E-state index is -4.39. The predicted molar refractivity (Wildman–Crippen MR) is 94.7 cm³/mol. The van der Waals surface area contributed by atoms with Crippen LogP contribution in [0.1, 0.15) is 0 Å². The van der Waals surface area contributed by atoms with Gasteiger partial charge in [0.25, 0.3) is 5.69 Å². The van der Waals surface area contributed by atoms with Gasteiger partial charge >= 0.3 is 17.4 Å². The van der Waals surface area contributed by atoms with Crippen molar-refractivity contribution in [2.45, 2.75) is 0 Å². The van der Waals surface area contributed by atoms with Crippen molar-refractivity contribution in [1.29, 1.82) is 5.41 Å². The first-order chi connectivity index (χ1) is 12.7. The molecule has 0 aromatic heterocycles. The molecule has 3 rings (SSSR count). The molecule has 1 aromatic carbocycles. The fraction of sp³-hybridized carbons (Fsp3) is 0. The van der Waals surface area contributed by atoms with Crippen LogP contribution in [-0.4, -0.2) is 28.8 Å². The van der Waals surface area contributed by atoms with Gasteiger partial charge in [-0.3, -0.25) is 19.7 Å². The van der Waals surface area contributed by atoms with Crippen molar-refractivity contribution in [3.05, 3.63) is 75.5 Å². The Balaban J connectivity index is 0.00000280. The Morgan fingerprint density at radius 3 is 2.46 bits per heavy atom. The van der Waals surface area contributed by atoms with Crippen molar-refractivity contribution in [2.24, 2.45) is 10.2 Å². The van der Waals surface area contributed by atoms with E-state index in [2.05, 4.69) is 10.2 Å². The number of rotatable bonds is 3. The third kappa shape index (κ3) is 4.33. The van der Waals surface area contributed by atoms with Gasteiger partial charge in [-0.1, -0.05) is 17.9 Å². The quantitative estimate of drug-likeness (QED) is 0.316. The number of non-ortho nitro benzene ring substituents is 1. The Bertz CT molecular complexity index is 1150. The van der Waals surface area contributed by atoms with Crippen molar-refractivity contribution >= 4 is 32.0 Å². The van der Waals surface area contributed by atoms with Gasteiger partial charge in [-0.15, -0.1) is 5.11 Å². The average molecular weight is 438 g/mol. The Labute approximate surface area is 169 Å². The molecular weight excluding hydrogens is 428 g/mol. The maximum absolute atomic E-state index is 11.9. The molecule has 0 bridgehead atoms. The van der Waals surface area contributed by atoms with Crippen LogP contribution < -0.4 is 5.11 Å². The molecule has 1 atom stereocenters. The SMILES string of the molecule is N=C1C=CC2=CC(=S(=O)([O-])O)C=CC2=C1N=Nc1ccc([N+](=O)[O-])cc1[O-].[Cr+3]. The van der Waals surface area contributed by atoms with Crippen LogP contribution in [0.15, 0.2) is 75.7 Å². The first-order valence-corrected chi connectivity index (χ1v) is 8.74. The summed E-state index contributed by atoms with van der Waals surface area (Å²) in [6.45, 7) is 0. The molecule has 0 saturated heterocycles. The summed E-state index contributed by atoms with van der Waals surface area (Å²) in [4.78, 5) is 9.64. The van der Waals surface area contributed by atoms with Gasteiger partial charge in [-0.2, -0.15) is 5.11 Å². The van der Waals surface area contributed by atoms with E-state index in [1.54, 1.807) is 0 Å². The van der Waals surface area contributed by atoms with Crippen molar-refractivity contribution in [1.82, 2.24) is 0 Å². The van der Waals surface area contributed by atoms with E-state index in [4.69, 9.17) is 9.96 Å². The second kappa shape index (κ2) is 8.01. The van der Waals surface area contributed by atoms with E-state index in [9.17, 15) is 24.0 Å². The average Bonchev–Trinajstić information content (AvgIpc) is 2.60. The van der Waals surface area contributed by atoms with Gasteiger partial charge in [-0.25, -0.2) is 0 Å². The Morgan fingerprint density at radius 2 is 1.86 bits per heavy atom. The minimum Gasteiger partial charge on any atom is -0.871 e. The van der Waals surface area contributed by atoms with Gasteiger partial charge in [0.2, 0.25) is 0 Å². The number of nitrogens with zero attached hydrogens (tertiary/aromatic N) is 3. The van der Waals surface area contributed by atoms with Crippen LogP contribution >= 0.6 is 0 Å². The van der Waals surface area contributed by atoms with Crippen molar-refractivity contribution in [2.75, 3.05) is 0 Å². The van der Waals surface area contributed by atoms with Crippen molar-refractivity contribution < 1.29 is 40.7 Å². The molecule has 0 aliphatic heterocycles. The number of azo groups is 1. The second-order valence-corrected chi connectivity index (χ2v) is 6.85. The van der Waals surface area contributed by atoms with E-state index in [0.717, 1.165) is 24.3 Å². The van der Waals surface area contributed by atoms with Gasteiger partial charge in [-0.05, 0) is 29.9 Å². The van der Waals surface area contributed by atoms with Crippen LogP contribution in [0.3, 0.4) is 0 Å². The maximum atomic E-state index is 11.9. The summed E-state index contributed by atoms with van der Waals surface area (Å²) < 4.78 is 31.6.